The maximum absolute atomic E-state index is 12.0. The number of benzene rings is 2. The molecule has 1 aliphatic rings. The Hall–Kier alpha value is -2.62. The lowest BCUT2D eigenvalue weighted by Crippen LogP contribution is -2.19. The van der Waals surface area contributed by atoms with Crippen LogP contribution >= 0.6 is 0 Å². The molecule has 1 aliphatic carbocycles. The monoisotopic (exact) mass is 310 g/mol. The molecule has 2 atom stereocenters. The summed E-state index contributed by atoms with van der Waals surface area (Å²) in [6.45, 7) is 0. The Bertz CT molecular complexity index is 607. The number of esters is 2. The summed E-state index contributed by atoms with van der Waals surface area (Å²) in [5.74, 6) is -0.656. The number of ether oxygens (including phenoxy) is 2. The Labute approximate surface area is 135 Å². The Morgan fingerprint density at radius 2 is 1.09 bits per heavy atom. The van der Waals surface area contributed by atoms with Crippen molar-refractivity contribution in [1.82, 2.24) is 0 Å². The van der Waals surface area contributed by atoms with E-state index < -0.39 is 0 Å². The average Bonchev–Trinajstić information content (AvgIpc) is 3.03. The molecule has 2 aromatic rings. The Balaban J connectivity index is 1.51. The summed E-state index contributed by atoms with van der Waals surface area (Å²) < 4.78 is 11.0. The molecule has 0 saturated heterocycles. The maximum Gasteiger partial charge on any atom is 0.338 e. The molecule has 0 unspecified atom stereocenters. The van der Waals surface area contributed by atoms with Crippen molar-refractivity contribution in [3.05, 3.63) is 71.8 Å². The molecule has 2 aromatic carbocycles. The van der Waals surface area contributed by atoms with Crippen molar-refractivity contribution < 1.29 is 19.1 Å². The molecule has 0 amide bonds. The first-order valence-electron chi connectivity index (χ1n) is 7.74. The highest BCUT2D eigenvalue weighted by molar-refractivity contribution is 5.90. The van der Waals surface area contributed by atoms with Gasteiger partial charge in [-0.25, -0.2) is 9.59 Å². The quantitative estimate of drug-likeness (QED) is 0.809. The lowest BCUT2D eigenvalue weighted by Gasteiger charge is -2.14. The summed E-state index contributed by atoms with van der Waals surface area (Å²) in [5.41, 5.74) is 1.08. The predicted molar refractivity (Wildman–Crippen MR) is 85.1 cm³/mol. The van der Waals surface area contributed by atoms with Crippen molar-refractivity contribution in [2.45, 2.75) is 31.5 Å². The molecule has 0 aliphatic heterocycles. The van der Waals surface area contributed by atoms with E-state index in [1.807, 2.05) is 12.1 Å². The van der Waals surface area contributed by atoms with E-state index >= 15 is 0 Å². The summed E-state index contributed by atoms with van der Waals surface area (Å²) >= 11 is 0. The fourth-order valence-electron chi connectivity index (χ4n) is 2.70. The van der Waals surface area contributed by atoms with Gasteiger partial charge < -0.3 is 9.47 Å². The van der Waals surface area contributed by atoms with Gasteiger partial charge in [0.2, 0.25) is 0 Å². The number of carbonyl (C=O) groups excluding carboxylic acids is 2. The molecule has 0 heterocycles. The van der Waals surface area contributed by atoms with Gasteiger partial charge in [0.05, 0.1) is 11.1 Å². The molecule has 3 rings (SSSR count). The molecule has 0 aromatic heterocycles. The van der Waals surface area contributed by atoms with Crippen molar-refractivity contribution >= 4 is 11.9 Å². The minimum Gasteiger partial charge on any atom is -0.459 e. The normalized spacial score (nSPS) is 20.0. The van der Waals surface area contributed by atoms with Crippen molar-refractivity contribution in [2.24, 2.45) is 0 Å². The summed E-state index contributed by atoms with van der Waals surface area (Å²) in [7, 11) is 0. The van der Waals surface area contributed by atoms with Crippen molar-refractivity contribution in [3.63, 3.8) is 0 Å². The van der Waals surface area contributed by atoms with Crippen LogP contribution in [-0.2, 0) is 9.47 Å². The third-order valence-electron chi connectivity index (χ3n) is 3.90. The predicted octanol–water partition coefficient (Wildman–Crippen LogP) is 3.62. The van der Waals surface area contributed by atoms with Crippen molar-refractivity contribution in [1.29, 1.82) is 0 Å². The second-order valence-corrected chi connectivity index (χ2v) is 5.60. The van der Waals surface area contributed by atoms with E-state index in [-0.39, 0.29) is 24.1 Å². The zero-order valence-electron chi connectivity index (χ0n) is 12.7. The molecule has 0 bridgehead atoms. The van der Waals surface area contributed by atoms with Gasteiger partial charge in [-0.05, 0) is 37.1 Å². The lowest BCUT2D eigenvalue weighted by molar-refractivity contribution is 0.0192. The van der Waals surface area contributed by atoms with Gasteiger partial charge in [0.25, 0.3) is 0 Å². The van der Waals surface area contributed by atoms with E-state index in [9.17, 15) is 9.59 Å². The van der Waals surface area contributed by atoms with E-state index in [0.717, 1.165) is 0 Å². The van der Waals surface area contributed by atoms with Gasteiger partial charge >= 0.3 is 11.9 Å². The van der Waals surface area contributed by atoms with Gasteiger partial charge in [-0.1, -0.05) is 36.4 Å². The van der Waals surface area contributed by atoms with Crippen LogP contribution in [0.4, 0.5) is 0 Å². The van der Waals surface area contributed by atoms with Crippen LogP contribution in [-0.4, -0.2) is 24.1 Å². The molecular formula is C19H18O4. The highest BCUT2D eigenvalue weighted by Crippen LogP contribution is 2.26. The molecule has 4 heteroatoms. The SMILES string of the molecule is O=C(O[C@@H]1CC[C@@H](OC(=O)c2ccccc2)C1)c1ccccc1. The third-order valence-corrected chi connectivity index (χ3v) is 3.90. The number of hydrogen-bond acceptors (Lipinski definition) is 4. The minimum atomic E-state index is -0.328. The minimum absolute atomic E-state index is 0.198. The Morgan fingerprint density at radius 1 is 0.696 bits per heavy atom. The van der Waals surface area contributed by atoms with Gasteiger partial charge in [-0.3, -0.25) is 0 Å². The standard InChI is InChI=1S/C19H18O4/c20-18(14-7-3-1-4-8-14)22-16-11-12-17(13-16)23-19(21)15-9-5-2-6-10-15/h1-10,16-17H,11-13H2/t16-,17-/m1/s1. The second kappa shape index (κ2) is 7.09. The van der Waals surface area contributed by atoms with Crippen LogP contribution in [0.5, 0.6) is 0 Å². The maximum atomic E-state index is 12.0. The Kier molecular flexibility index (Phi) is 4.71. The topological polar surface area (TPSA) is 52.6 Å². The van der Waals surface area contributed by atoms with E-state index in [1.165, 1.54) is 0 Å². The van der Waals surface area contributed by atoms with Gasteiger partial charge in [0.1, 0.15) is 12.2 Å². The molecule has 1 saturated carbocycles. The van der Waals surface area contributed by atoms with Gasteiger partial charge in [0, 0.05) is 6.42 Å². The third kappa shape index (κ3) is 3.97. The van der Waals surface area contributed by atoms with Gasteiger partial charge in [-0.2, -0.15) is 0 Å². The van der Waals surface area contributed by atoms with Crippen molar-refractivity contribution in [2.75, 3.05) is 0 Å². The smallest absolute Gasteiger partial charge is 0.338 e. The van der Waals surface area contributed by atoms with Crippen LogP contribution in [0.15, 0.2) is 60.7 Å². The number of rotatable bonds is 4. The average molecular weight is 310 g/mol. The van der Waals surface area contributed by atoms with E-state index in [0.29, 0.717) is 30.4 Å². The zero-order valence-corrected chi connectivity index (χ0v) is 12.7. The number of carbonyl (C=O) groups is 2. The highest BCUT2D eigenvalue weighted by atomic mass is 16.6. The fraction of sp³-hybridized carbons (Fsp3) is 0.263. The first-order chi connectivity index (χ1) is 11.2. The highest BCUT2D eigenvalue weighted by Gasteiger charge is 2.30. The van der Waals surface area contributed by atoms with Crippen LogP contribution in [0.3, 0.4) is 0 Å². The summed E-state index contributed by atoms with van der Waals surface area (Å²) in [5, 5.41) is 0. The number of hydrogen-bond donors (Lipinski definition) is 0. The van der Waals surface area contributed by atoms with Crippen LogP contribution in [0, 0.1) is 0 Å². The second-order valence-electron chi connectivity index (χ2n) is 5.60. The molecule has 4 nitrogen and oxygen atoms in total. The molecule has 0 N–H and O–H groups in total. The molecule has 0 radical (unpaired) electrons. The van der Waals surface area contributed by atoms with Crippen molar-refractivity contribution in [3.8, 4) is 0 Å². The molecule has 1 fully saturated rings. The Morgan fingerprint density at radius 3 is 1.48 bits per heavy atom. The molecular weight excluding hydrogens is 292 g/mol. The zero-order chi connectivity index (χ0) is 16.1. The lowest BCUT2D eigenvalue weighted by atomic mass is 10.2. The van der Waals surface area contributed by atoms with E-state index in [4.69, 9.17) is 9.47 Å². The van der Waals surface area contributed by atoms with E-state index in [1.54, 1.807) is 48.5 Å². The van der Waals surface area contributed by atoms with Crippen LogP contribution in [0.2, 0.25) is 0 Å². The molecule has 0 spiro atoms. The fourth-order valence-corrected chi connectivity index (χ4v) is 2.70. The summed E-state index contributed by atoms with van der Waals surface area (Å²) in [4.78, 5) is 24.0. The van der Waals surface area contributed by atoms with Crippen LogP contribution in [0.25, 0.3) is 0 Å². The van der Waals surface area contributed by atoms with Crippen LogP contribution in [0.1, 0.15) is 40.0 Å². The van der Waals surface area contributed by atoms with Gasteiger partial charge in [-0.15, -0.1) is 0 Å². The molecule has 23 heavy (non-hydrogen) atoms. The summed E-state index contributed by atoms with van der Waals surface area (Å²) in [6, 6.07) is 17.8. The van der Waals surface area contributed by atoms with Gasteiger partial charge in [0.15, 0.2) is 0 Å². The van der Waals surface area contributed by atoms with E-state index in [2.05, 4.69) is 0 Å². The molecule has 118 valence electrons. The summed E-state index contributed by atoms with van der Waals surface area (Å²) in [6.07, 6.45) is 1.58. The largest absolute Gasteiger partial charge is 0.459 e. The first-order valence-corrected chi connectivity index (χ1v) is 7.74. The van der Waals surface area contributed by atoms with Crippen LogP contribution < -0.4 is 0 Å². The first kappa shape index (κ1) is 15.3.